The Morgan fingerprint density at radius 1 is 1.00 bits per heavy atom. The van der Waals surface area contributed by atoms with E-state index < -0.39 is 5.97 Å². The SMILES string of the molecule is CN1CCN(Cc2ccc(C(=O)/C=C/c3ccc(/C=C/C(=O)O)nc3)cc2)CC1. The van der Waals surface area contributed by atoms with Crippen LogP contribution in [0, 0.1) is 0 Å². The van der Waals surface area contributed by atoms with Crippen molar-refractivity contribution in [2.75, 3.05) is 33.2 Å². The quantitative estimate of drug-likeness (QED) is 0.578. The number of ketones is 1. The Morgan fingerprint density at radius 2 is 1.72 bits per heavy atom. The van der Waals surface area contributed by atoms with Gasteiger partial charge in [-0.3, -0.25) is 14.7 Å². The lowest BCUT2D eigenvalue weighted by Gasteiger charge is -2.32. The number of benzene rings is 1. The fourth-order valence-electron chi connectivity index (χ4n) is 3.08. The first-order chi connectivity index (χ1) is 14.0. The van der Waals surface area contributed by atoms with Crippen molar-refractivity contribution in [2.45, 2.75) is 6.54 Å². The van der Waals surface area contributed by atoms with Gasteiger partial charge in [-0.2, -0.15) is 0 Å². The Bertz CT molecular complexity index is 894. The number of carbonyl (C=O) groups excluding carboxylic acids is 1. The Kier molecular flexibility index (Phi) is 7.05. The average molecular weight is 391 g/mol. The molecule has 1 fully saturated rings. The predicted molar refractivity (Wildman–Crippen MR) is 113 cm³/mol. The summed E-state index contributed by atoms with van der Waals surface area (Å²) >= 11 is 0. The van der Waals surface area contributed by atoms with Gasteiger partial charge in [0.25, 0.3) is 0 Å². The minimum Gasteiger partial charge on any atom is -0.478 e. The molecular weight excluding hydrogens is 366 g/mol. The van der Waals surface area contributed by atoms with Crippen molar-refractivity contribution in [3.05, 3.63) is 77.1 Å². The molecule has 0 spiro atoms. The third-order valence-electron chi connectivity index (χ3n) is 4.87. The molecular formula is C23H25N3O3. The predicted octanol–water partition coefficient (Wildman–Crippen LogP) is 2.82. The third kappa shape index (κ3) is 6.48. The minimum atomic E-state index is -1.02. The van der Waals surface area contributed by atoms with E-state index in [2.05, 4.69) is 21.8 Å². The van der Waals surface area contributed by atoms with Gasteiger partial charge in [-0.25, -0.2) is 4.79 Å². The zero-order valence-corrected chi connectivity index (χ0v) is 16.5. The van der Waals surface area contributed by atoms with E-state index in [9.17, 15) is 9.59 Å². The fraction of sp³-hybridized carbons (Fsp3) is 0.261. The van der Waals surface area contributed by atoms with Crippen LogP contribution >= 0.6 is 0 Å². The van der Waals surface area contributed by atoms with Crippen molar-refractivity contribution in [1.82, 2.24) is 14.8 Å². The van der Waals surface area contributed by atoms with Crippen LogP contribution in [0.25, 0.3) is 12.2 Å². The summed E-state index contributed by atoms with van der Waals surface area (Å²) in [5, 5.41) is 8.62. The molecule has 1 saturated heterocycles. The van der Waals surface area contributed by atoms with Gasteiger partial charge in [-0.1, -0.05) is 30.3 Å². The number of aromatic nitrogens is 1. The lowest BCUT2D eigenvalue weighted by atomic mass is 10.1. The number of pyridine rings is 1. The number of hydrogen-bond acceptors (Lipinski definition) is 5. The largest absolute Gasteiger partial charge is 0.478 e. The molecule has 6 heteroatoms. The van der Waals surface area contributed by atoms with E-state index in [1.165, 1.54) is 17.7 Å². The van der Waals surface area contributed by atoms with Gasteiger partial charge < -0.3 is 10.0 Å². The van der Waals surface area contributed by atoms with E-state index in [0.717, 1.165) is 44.4 Å². The number of hydrogen-bond donors (Lipinski definition) is 1. The molecule has 0 bridgehead atoms. The Morgan fingerprint density at radius 3 is 2.34 bits per heavy atom. The molecule has 1 N–H and O–H groups in total. The molecule has 0 unspecified atom stereocenters. The summed E-state index contributed by atoms with van der Waals surface area (Å²) in [7, 11) is 2.15. The molecule has 1 aliphatic heterocycles. The summed E-state index contributed by atoms with van der Waals surface area (Å²) < 4.78 is 0. The molecule has 6 nitrogen and oxygen atoms in total. The third-order valence-corrected chi connectivity index (χ3v) is 4.87. The second kappa shape index (κ2) is 9.91. The maximum atomic E-state index is 12.4. The highest BCUT2D eigenvalue weighted by molar-refractivity contribution is 6.06. The summed E-state index contributed by atoms with van der Waals surface area (Å²) in [6, 6.07) is 11.3. The van der Waals surface area contributed by atoms with Crippen LogP contribution < -0.4 is 0 Å². The summed E-state index contributed by atoms with van der Waals surface area (Å²) in [4.78, 5) is 31.8. The summed E-state index contributed by atoms with van der Waals surface area (Å²) in [5.74, 6) is -1.08. The van der Waals surface area contributed by atoms with E-state index in [4.69, 9.17) is 5.11 Å². The highest BCUT2D eigenvalue weighted by Gasteiger charge is 2.13. The van der Waals surface area contributed by atoms with Crippen molar-refractivity contribution in [3.63, 3.8) is 0 Å². The smallest absolute Gasteiger partial charge is 0.328 e. The van der Waals surface area contributed by atoms with E-state index in [1.807, 2.05) is 24.3 Å². The van der Waals surface area contributed by atoms with E-state index >= 15 is 0 Å². The van der Waals surface area contributed by atoms with Gasteiger partial charge in [0.1, 0.15) is 0 Å². The second-order valence-electron chi connectivity index (χ2n) is 7.16. The summed E-state index contributed by atoms with van der Waals surface area (Å²) in [5.41, 5.74) is 3.19. The fourth-order valence-corrected chi connectivity index (χ4v) is 3.08. The number of carboxylic acid groups (broad SMARTS) is 1. The minimum absolute atomic E-state index is 0.0639. The van der Waals surface area contributed by atoms with Crippen LogP contribution in [-0.2, 0) is 11.3 Å². The first kappa shape index (κ1) is 20.6. The number of likely N-dealkylation sites (N-methyl/N-ethyl adjacent to an activating group) is 1. The van der Waals surface area contributed by atoms with E-state index in [-0.39, 0.29) is 5.78 Å². The number of allylic oxidation sites excluding steroid dienone is 1. The normalized spacial score (nSPS) is 15.9. The second-order valence-corrected chi connectivity index (χ2v) is 7.16. The maximum Gasteiger partial charge on any atom is 0.328 e. The number of nitrogens with zero attached hydrogens (tertiary/aromatic N) is 3. The van der Waals surface area contributed by atoms with Crippen LogP contribution in [0.1, 0.15) is 27.2 Å². The first-order valence-corrected chi connectivity index (χ1v) is 9.59. The molecule has 1 aromatic heterocycles. The maximum absolute atomic E-state index is 12.4. The monoisotopic (exact) mass is 391 g/mol. The standard InChI is InChI=1S/C23H25N3O3/c1-25-12-14-26(15-13-25)17-19-2-6-20(7-3-19)22(27)10-5-18-4-8-21(24-16-18)9-11-23(28)29/h2-11,16H,12-15,17H2,1H3,(H,28,29)/b10-5+,11-9+. The van der Waals surface area contributed by atoms with Gasteiger partial charge in [0.05, 0.1) is 5.69 Å². The van der Waals surface area contributed by atoms with Crippen molar-refractivity contribution in [2.24, 2.45) is 0 Å². The van der Waals surface area contributed by atoms with Gasteiger partial charge >= 0.3 is 5.97 Å². The lowest BCUT2D eigenvalue weighted by molar-refractivity contribution is -0.131. The van der Waals surface area contributed by atoms with Crippen LogP contribution in [0.5, 0.6) is 0 Å². The number of piperazine rings is 1. The molecule has 0 atom stereocenters. The Balaban J connectivity index is 1.55. The molecule has 29 heavy (non-hydrogen) atoms. The van der Waals surface area contributed by atoms with Crippen molar-refractivity contribution >= 4 is 23.9 Å². The molecule has 150 valence electrons. The number of carbonyl (C=O) groups is 2. The molecule has 3 rings (SSSR count). The highest BCUT2D eigenvalue weighted by atomic mass is 16.4. The van der Waals surface area contributed by atoms with Crippen LogP contribution in [0.3, 0.4) is 0 Å². The number of aliphatic carboxylic acids is 1. The van der Waals surface area contributed by atoms with Gasteiger partial charge in [0.15, 0.2) is 5.78 Å². The first-order valence-electron chi connectivity index (χ1n) is 9.59. The molecule has 0 amide bonds. The number of carboxylic acids is 1. The van der Waals surface area contributed by atoms with Crippen LogP contribution in [0.15, 0.2) is 54.7 Å². The van der Waals surface area contributed by atoms with Crippen molar-refractivity contribution in [1.29, 1.82) is 0 Å². The highest BCUT2D eigenvalue weighted by Crippen LogP contribution is 2.11. The topological polar surface area (TPSA) is 73.7 Å². The Labute approximate surface area is 170 Å². The van der Waals surface area contributed by atoms with Crippen LogP contribution in [-0.4, -0.2) is 64.9 Å². The molecule has 2 aromatic rings. The van der Waals surface area contributed by atoms with Crippen LogP contribution in [0.4, 0.5) is 0 Å². The molecule has 2 heterocycles. The van der Waals surface area contributed by atoms with Crippen molar-refractivity contribution in [3.8, 4) is 0 Å². The molecule has 1 aromatic carbocycles. The average Bonchev–Trinajstić information content (AvgIpc) is 2.73. The lowest BCUT2D eigenvalue weighted by Crippen LogP contribution is -2.43. The van der Waals surface area contributed by atoms with Crippen LogP contribution in [0.2, 0.25) is 0 Å². The van der Waals surface area contributed by atoms with Gasteiger partial charge in [0.2, 0.25) is 0 Å². The van der Waals surface area contributed by atoms with Gasteiger partial charge in [-0.05, 0) is 42.5 Å². The van der Waals surface area contributed by atoms with Gasteiger partial charge in [0, 0.05) is 50.6 Å². The summed E-state index contributed by atoms with van der Waals surface area (Å²) in [6.45, 7) is 5.23. The summed E-state index contributed by atoms with van der Waals surface area (Å²) in [6.07, 6.45) is 7.29. The molecule has 0 saturated carbocycles. The number of rotatable bonds is 7. The molecule has 0 aliphatic carbocycles. The molecule has 0 radical (unpaired) electrons. The van der Waals surface area contributed by atoms with Crippen molar-refractivity contribution < 1.29 is 14.7 Å². The van der Waals surface area contributed by atoms with E-state index in [1.54, 1.807) is 24.4 Å². The zero-order valence-electron chi connectivity index (χ0n) is 16.5. The molecule has 1 aliphatic rings. The zero-order chi connectivity index (χ0) is 20.6. The van der Waals surface area contributed by atoms with E-state index in [0.29, 0.717) is 11.3 Å². The van der Waals surface area contributed by atoms with Gasteiger partial charge in [-0.15, -0.1) is 0 Å². The Hall–Kier alpha value is -3.09.